The first-order valence-electron chi connectivity index (χ1n) is 4.37. The van der Waals surface area contributed by atoms with Crippen LogP contribution in [0.1, 0.15) is 27.7 Å². The van der Waals surface area contributed by atoms with E-state index in [-0.39, 0.29) is 5.54 Å². The van der Waals surface area contributed by atoms with E-state index in [0.717, 1.165) is 13.2 Å². The Hall–Kier alpha value is -0.0800. The Balaban J connectivity index is 2.46. The Bertz CT molecular complexity index is 132. The third-order valence-electron chi connectivity index (χ3n) is 2.14. The van der Waals surface area contributed by atoms with Gasteiger partial charge in [0.05, 0.1) is 13.2 Å². The standard InChI is InChI=1S/C9H19NO/c1-7(2)8-5-11-6-9(3,4)10-8/h7-8,10H,5-6H2,1-4H3. The van der Waals surface area contributed by atoms with Gasteiger partial charge in [0.1, 0.15) is 0 Å². The molecule has 0 aromatic rings. The van der Waals surface area contributed by atoms with Gasteiger partial charge >= 0.3 is 0 Å². The van der Waals surface area contributed by atoms with Crippen LogP contribution >= 0.6 is 0 Å². The van der Waals surface area contributed by atoms with Crippen LogP contribution < -0.4 is 5.32 Å². The van der Waals surface area contributed by atoms with Crippen molar-refractivity contribution < 1.29 is 4.74 Å². The van der Waals surface area contributed by atoms with Crippen molar-refractivity contribution >= 4 is 0 Å². The molecule has 0 spiro atoms. The molecule has 1 aliphatic heterocycles. The van der Waals surface area contributed by atoms with E-state index in [1.165, 1.54) is 0 Å². The average Bonchev–Trinajstić information content (AvgIpc) is 1.85. The van der Waals surface area contributed by atoms with Crippen molar-refractivity contribution in [2.24, 2.45) is 5.92 Å². The molecule has 0 aromatic carbocycles. The molecule has 0 amide bonds. The molecule has 1 saturated heterocycles. The van der Waals surface area contributed by atoms with Gasteiger partial charge in [0, 0.05) is 11.6 Å². The van der Waals surface area contributed by atoms with E-state index < -0.39 is 0 Å². The molecule has 2 nitrogen and oxygen atoms in total. The Labute approximate surface area is 69.3 Å². The maximum Gasteiger partial charge on any atom is 0.0643 e. The second-order valence-corrected chi connectivity index (χ2v) is 4.39. The van der Waals surface area contributed by atoms with Crippen molar-refractivity contribution in [3.63, 3.8) is 0 Å². The van der Waals surface area contributed by atoms with Crippen LogP contribution in [0.2, 0.25) is 0 Å². The molecule has 1 atom stereocenters. The van der Waals surface area contributed by atoms with Gasteiger partial charge in [0.2, 0.25) is 0 Å². The number of hydrogen-bond donors (Lipinski definition) is 1. The zero-order valence-electron chi connectivity index (χ0n) is 7.98. The molecular formula is C9H19NO. The molecule has 1 fully saturated rings. The maximum absolute atomic E-state index is 5.50. The lowest BCUT2D eigenvalue weighted by Gasteiger charge is -2.38. The molecule has 0 aromatic heterocycles. The zero-order valence-corrected chi connectivity index (χ0v) is 7.98. The van der Waals surface area contributed by atoms with E-state index in [2.05, 4.69) is 33.0 Å². The summed E-state index contributed by atoms with van der Waals surface area (Å²) >= 11 is 0. The Morgan fingerprint density at radius 1 is 1.45 bits per heavy atom. The third kappa shape index (κ3) is 2.46. The van der Waals surface area contributed by atoms with E-state index in [0.29, 0.717) is 12.0 Å². The van der Waals surface area contributed by atoms with Crippen molar-refractivity contribution in [2.45, 2.75) is 39.3 Å². The third-order valence-corrected chi connectivity index (χ3v) is 2.14. The Kier molecular flexibility index (Phi) is 2.55. The minimum absolute atomic E-state index is 0.160. The average molecular weight is 157 g/mol. The topological polar surface area (TPSA) is 21.3 Å². The molecule has 0 bridgehead atoms. The molecule has 1 rings (SSSR count). The van der Waals surface area contributed by atoms with Gasteiger partial charge in [0.25, 0.3) is 0 Å². The molecule has 1 N–H and O–H groups in total. The summed E-state index contributed by atoms with van der Waals surface area (Å²) in [5.41, 5.74) is 0.160. The highest BCUT2D eigenvalue weighted by molar-refractivity contribution is 4.87. The second-order valence-electron chi connectivity index (χ2n) is 4.39. The summed E-state index contributed by atoms with van der Waals surface area (Å²) < 4.78 is 5.50. The summed E-state index contributed by atoms with van der Waals surface area (Å²) in [6.07, 6.45) is 0. The SMILES string of the molecule is CC(C)C1COCC(C)(C)N1. The summed E-state index contributed by atoms with van der Waals surface area (Å²) in [4.78, 5) is 0. The van der Waals surface area contributed by atoms with Crippen molar-refractivity contribution in [3.8, 4) is 0 Å². The molecule has 0 radical (unpaired) electrons. The van der Waals surface area contributed by atoms with Crippen LogP contribution in [0.3, 0.4) is 0 Å². The van der Waals surface area contributed by atoms with Gasteiger partial charge in [-0.15, -0.1) is 0 Å². The molecular weight excluding hydrogens is 138 g/mol. The summed E-state index contributed by atoms with van der Waals surface area (Å²) in [6.45, 7) is 10.5. The van der Waals surface area contributed by atoms with Crippen LogP contribution in [-0.2, 0) is 4.74 Å². The summed E-state index contributed by atoms with van der Waals surface area (Å²) in [7, 11) is 0. The van der Waals surface area contributed by atoms with E-state index in [4.69, 9.17) is 4.74 Å². The Morgan fingerprint density at radius 3 is 2.45 bits per heavy atom. The minimum Gasteiger partial charge on any atom is -0.378 e. The largest absolute Gasteiger partial charge is 0.378 e. The smallest absolute Gasteiger partial charge is 0.0643 e. The molecule has 1 unspecified atom stereocenters. The van der Waals surface area contributed by atoms with Crippen LogP contribution in [-0.4, -0.2) is 24.8 Å². The van der Waals surface area contributed by atoms with Crippen molar-refractivity contribution in [1.29, 1.82) is 0 Å². The van der Waals surface area contributed by atoms with Crippen LogP contribution in [0, 0.1) is 5.92 Å². The molecule has 11 heavy (non-hydrogen) atoms. The molecule has 1 heterocycles. The molecule has 0 aliphatic carbocycles. The van der Waals surface area contributed by atoms with Crippen molar-refractivity contribution in [2.75, 3.05) is 13.2 Å². The Morgan fingerprint density at radius 2 is 2.09 bits per heavy atom. The van der Waals surface area contributed by atoms with Crippen molar-refractivity contribution in [1.82, 2.24) is 5.32 Å². The number of morpholine rings is 1. The first-order valence-corrected chi connectivity index (χ1v) is 4.37. The fraction of sp³-hybridized carbons (Fsp3) is 1.00. The molecule has 66 valence electrons. The van der Waals surface area contributed by atoms with E-state index in [9.17, 15) is 0 Å². The van der Waals surface area contributed by atoms with Gasteiger partial charge in [-0.3, -0.25) is 0 Å². The quantitative estimate of drug-likeness (QED) is 0.621. The van der Waals surface area contributed by atoms with E-state index in [1.54, 1.807) is 0 Å². The normalized spacial score (nSPS) is 30.8. The van der Waals surface area contributed by atoms with Crippen LogP contribution in [0.4, 0.5) is 0 Å². The van der Waals surface area contributed by atoms with Crippen LogP contribution in [0.25, 0.3) is 0 Å². The van der Waals surface area contributed by atoms with Gasteiger partial charge in [-0.25, -0.2) is 0 Å². The lowest BCUT2D eigenvalue weighted by atomic mass is 9.97. The minimum atomic E-state index is 0.160. The maximum atomic E-state index is 5.50. The second kappa shape index (κ2) is 3.11. The van der Waals surface area contributed by atoms with E-state index >= 15 is 0 Å². The van der Waals surface area contributed by atoms with E-state index in [1.807, 2.05) is 0 Å². The van der Waals surface area contributed by atoms with Gasteiger partial charge < -0.3 is 10.1 Å². The summed E-state index contributed by atoms with van der Waals surface area (Å²) in [5, 5.41) is 3.57. The number of nitrogens with one attached hydrogen (secondary N) is 1. The molecule has 2 heteroatoms. The number of hydrogen-bond acceptors (Lipinski definition) is 2. The monoisotopic (exact) mass is 157 g/mol. The van der Waals surface area contributed by atoms with Gasteiger partial charge in [-0.05, 0) is 19.8 Å². The van der Waals surface area contributed by atoms with Gasteiger partial charge in [0.15, 0.2) is 0 Å². The highest BCUT2D eigenvalue weighted by Gasteiger charge is 2.28. The first-order chi connectivity index (χ1) is 5.01. The van der Waals surface area contributed by atoms with Gasteiger partial charge in [-0.2, -0.15) is 0 Å². The van der Waals surface area contributed by atoms with Crippen molar-refractivity contribution in [3.05, 3.63) is 0 Å². The highest BCUT2D eigenvalue weighted by atomic mass is 16.5. The van der Waals surface area contributed by atoms with Crippen LogP contribution in [0.15, 0.2) is 0 Å². The van der Waals surface area contributed by atoms with Gasteiger partial charge in [-0.1, -0.05) is 13.8 Å². The molecule has 1 aliphatic rings. The fourth-order valence-electron chi connectivity index (χ4n) is 1.39. The predicted octanol–water partition coefficient (Wildman–Crippen LogP) is 1.41. The number of ether oxygens (including phenoxy) is 1. The molecule has 0 saturated carbocycles. The summed E-state index contributed by atoms with van der Waals surface area (Å²) in [5.74, 6) is 0.662. The number of rotatable bonds is 1. The van der Waals surface area contributed by atoms with Crippen LogP contribution in [0.5, 0.6) is 0 Å². The first kappa shape index (κ1) is 9.01. The summed E-state index contributed by atoms with van der Waals surface area (Å²) in [6, 6.07) is 0.527. The zero-order chi connectivity index (χ0) is 8.48. The lowest BCUT2D eigenvalue weighted by molar-refractivity contribution is 0.00111. The lowest BCUT2D eigenvalue weighted by Crippen LogP contribution is -2.57. The fourth-order valence-corrected chi connectivity index (χ4v) is 1.39. The predicted molar refractivity (Wildman–Crippen MR) is 46.7 cm³/mol. The highest BCUT2D eigenvalue weighted by Crippen LogP contribution is 2.15.